The number of anilines is 2. The van der Waals surface area contributed by atoms with Crippen LogP contribution in [0.3, 0.4) is 0 Å². The lowest BCUT2D eigenvalue weighted by Gasteiger charge is -2.31. The molecule has 9 heteroatoms. The summed E-state index contributed by atoms with van der Waals surface area (Å²) in [7, 11) is -3.61. The number of aromatic nitrogens is 2. The van der Waals surface area contributed by atoms with Gasteiger partial charge in [-0.1, -0.05) is 6.07 Å². The van der Waals surface area contributed by atoms with Gasteiger partial charge < -0.3 is 5.32 Å². The quantitative estimate of drug-likeness (QED) is 0.620. The minimum Gasteiger partial charge on any atom is -0.316 e. The predicted octanol–water partition coefficient (Wildman–Crippen LogP) is 4.61. The van der Waals surface area contributed by atoms with Crippen LogP contribution in [0.2, 0.25) is 0 Å². The number of sulfonamides is 1. The van der Waals surface area contributed by atoms with E-state index in [0.29, 0.717) is 25.9 Å². The van der Waals surface area contributed by atoms with Crippen LogP contribution >= 0.6 is 11.3 Å². The van der Waals surface area contributed by atoms with Crippen molar-refractivity contribution in [2.24, 2.45) is 0 Å². The van der Waals surface area contributed by atoms with E-state index in [4.69, 9.17) is 4.98 Å². The molecule has 1 saturated heterocycles. The van der Waals surface area contributed by atoms with Crippen molar-refractivity contribution in [3.05, 3.63) is 64.5 Å². The Labute approximate surface area is 179 Å². The van der Waals surface area contributed by atoms with Crippen molar-refractivity contribution in [2.45, 2.75) is 37.5 Å². The summed E-state index contributed by atoms with van der Waals surface area (Å²) >= 11 is 1.59. The van der Waals surface area contributed by atoms with Crippen molar-refractivity contribution in [3.63, 3.8) is 0 Å². The Bertz CT molecular complexity index is 1120. The molecule has 3 heterocycles. The summed E-state index contributed by atoms with van der Waals surface area (Å²) in [4.78, 5) is 10.5. The number of rotatable bonds is 5. The van der Waals surface area contributed by atoms with Crippen LogP contribution < -0.4 is 5.32 Å². The number of nitrogens with one attached hydrogen (secondary N) is 1. The average Bonchev–Trinajstić information content (AvgIpc) is 3.05. The molecule has 0 amide bonds. The topological polar surface area (TPSA) is 75.2 Å². The number of hydrogen-bond acceptors (Lipinski definition) is 6. The molecule has 6 nitrogen and oxygen atoms in total. The molecule has 0 saturated carbocycles. The van der Waals surface area contributed by atoms with Gasteiger partial charge in [0.25, 0.3) is 0 Å². The molecule has 0 bridgehead atoms. The van der Waals surface area contributed by atoms with Crippen molar-refractivity contribution >= 4 is 32.3 Å². The molecule has 1 N–H and O–H groups in total. The van der Waals surface area contributed by atoms with Crippen LogP contribution in [0.4, 0.5) is 15.3 Å². The molecule has 0 radical (unpaired) electrons. The average molecular weight is 447 g/mol. The number of piperidine rings is 1. The largest absolute Gasteiger partial charge is 0.316 e. The first-order valence-corrected chi connectivity index (χ1v) is 12.0. The number of aryl methyl sites for hydroxylation is 2. The molecule has 4 rings (SSSR count). The van der Waals surface area contributed by atoms with Gasteiger partial charge in [-0.2, -0.15) is 4.31 Å². The molecule has 2 aromatic heterocycles. The highest BCUT2D eigenvalue weighted by atomic mass is 32.2. The van der Waals surface area contributed by atoms with Gasteiger partial charge in [-0.25, -0.2) is 22.8 Å². The van der Waals surface area contributed by atoms with E-state index in [-0.39, 0.29) is 10.8 Å². The summed E-state index contributed by atoms with van der Waals surface area (Å²) in [6.45, 7) is 4.84. The molecule has 3 aromatic rings. The minimum absolute atomic E-state index is 0.126. The Morgan fingerprint density at radius 2 is 1.77 bits per heavy atom. The fourth-order valence-electron chi connectivity index (χ4n) is 3.53. The Morgan fingerprint density at radius 1 is 1.07 bits per heavy atom. The monoisotopic (exact) mass is 446 g/mol. The number of thiazole rings is 1. The first kappa shape index (κ1) is 20.9. The summed E-state index contributed by atoms with van der Waals surface area (Å²) in [5.74, 6) is 0.476. The first-order valence-electron chi connectivity index (χ1n) is 9.76. The zero-order chi connectivity index (χ0) is 21.3. The number of nitrogens with zero attached hydrogens (tertiary/aromatic N) is 3. The maximum atomic E-state index is 13.1. The molecule has 0 spiro atoms. The van der Waals surface area contributed by atoms with Crippen LogP contribution in [0.1, 0.15) is 35.0 Å². The van der Waals surface area contributed by atoms with Gasteiger partial charge in [-0.15, -0.1) is 11.3 Å². The van der Waals surface area contributed by atoms with E-state index in [1.807, 2.05) is 32.0 Å². The zero-order valence-electron chi connectivity index (χ0n) is 16.8. The van der Waals surface area contributed by atoms with Gasteiger partial charge >= 0.3 is 0 Å². The van der Waals surface area contributed by atoms with Gasteiger partial charge in [0.15, 0.2) is 5.13 Å². The van der Waals surface area contributed by atoms with E-state index in [1.54, 1.807) is 11.3 Å². The lowest BCUT2D eigenvalue weighted by molar-refractivity contribution is 0.317. The molecule has 1 aromatic carbocycles. The molecule has 0 atom stereocenters. The predicted molar refractivity (Wildman–Crippen MR) is 116 cm³/mol. The van der Waals surface area contributed by atoms with Crippen molar-refractivity contribution in [2.75, 3.05) is 18.4 Å². The highest BCUT2D eigenvalue weighted by molar-refractivity contribution is 7.89. The van der Waals surface area contributed by atoms with Gasteiger partial charge in [-0.05, 0) is 63.1 Å². The first-order chi connectivity index (χ1) is 14.3. The minimum atomic E-state index is -3.61. The summed E-state index contributed by atoms with van der Waals surface area (Å²) < 4.78 is 40.2. The summed E-state index contributed by atoms with van der Waals surface area (Å²) in [5, 5.41) is 4.08. The Balaban J connectivity index is 1.43. The lowest BCUT2D eigenvalue weighted by Crippen LogP contribution is -2.38. The fourth-order valence-corrected chi connectivity index (χ4v) is 5.82. The normalized spacial score (nSPS) is 16.0. The van der Waals surface area contributed by atoms with Gasteiger partial charge in [-0.3, -0.25) is 0 Å². The summed E-state index contributed by atoms with van der Waals surface area (Å²) in [6, 6.07) is 10.8. The van der Waals surface area contributed by atoms with Crippen LogP contribution in [-0.4, -0.2) is 35.8 Å². The molecule has 1 fully saturated rings. The Hall–Kier alpha value is -2.36. The molecule has 0 unspecified atom stereocenters. The number of halogens is 1. The van der Waals surface area contributed by atoms with Crippen molar-refractivity contribution in [1.29, 1.82) is 0 Å². The molecule has 1 aliphatic heterocycles. The molecule has 158 valence electrons. The van der Waals surface area contributed by atoms with Crippen molar-refractivity contribution < 1.29 is 12.8 Å². The van der Waals surface area contributed by atoms with E-state index < -0.39 is 15.8 Å². The fraction of sp³-hybridized carbons (Fsp3) is 0.333. The van der Waals surface area contributed by atoms with Crippen LogP contribution in [0.15, 0.2) is 47.4 Å². The van der Waals surface area contributed by atoms with Crippen molar-refractivity contribution in [1.82, 2.24) is 14.3 Å². The number of hydrogen-bond donors (Lipinski definition) is 1. The van der Waals surface area contributed by atoms with E-state index in [1.165, 1.54) is 33.4 Å². The van der Waals surface area contributed by atoms with E-state index >= 15 is 0 Å². The highest BCUT2D eigenvalue weighted by Crippen LogP contribution is 2.31. The third-order valence-corrected chi connectivity index (χ3v) is 8.26. The molecular weight excluding hydrogens is 423 g/mol. The van der Waals surface area contributed by atoms with Crippen LogP contribution in [0.25, 0.3) is 0 Å². The highest BCUT2D eigenvalue weighted by Gasteiger charge is 2.30. The molecule has 30 heavy (non-hydrogen) atoms. The molecule has 0 aliphatic carbocycles. The Kier molecular flexibility index (Phi) is 5.86. The second-order valence-electron chi connectivity index (χ2n) is 7.37. The third kappa shape index (κ3) is 4.38. The summed E-state index contributed by atoms with van der Waals surface area (Å²) in [5.41, 5.74) is 1.96. The molecule has 1 aliphatic rings. The van der Waals surface area contributed by atoms with Gasteiger partial charge in [0.2, 0.25) is 10.0 Å². The van der Waals surface area contributed by atoms with Crippen LogP contribution in [0.5, 0.6) is 0 Å². The second kappa shape index (κ2) is 8.41. The van der Waals surface area contributed by atoms with E-state index in [9.17, 15) is 12.8 Å². The maximum Gasteiger partial charge on any atom is 0.243 e. The lowest BCUT2D eigenvalue weighted by atomic mass is 9.94. The number of pyridine rings is 1. The molecular formula is C21H23FN4O2S2. The van der Waals surface area contributed by atoms with Gasteiger partial charge in [0.05, 0.1) is 10.6 Å². The van der Waals surface area contributed by atoms with E-state index in [0.717, 1.165) is 22.3 Å². The zero-order valence-corrected chi connectivity index (χ0v) is 18.4. The third-order valence-electron chi connectivity index (χ3n) is 5.36. The van der Waals surface area contributed by atoms with E-state index in [2.05, 4.69) is 10.3 Å². The van der Waals surface area contributed by atoms with Gasteiger partial charge in [0.1, 0.15) is 11.6 Å². The standard InChI is InChI=1S/C21H23FN4O2S2/c1-14-15(2)29-21(23-14)25-20-5-3-4-19(24-20)16-10-12-26(13-11-16)30(27,28)18-8-6-17(22)7-9-18/h3-9,16H,10-13H2,1-2H3,(H,23,24,25). The van der Waals surface area contributed by atoms with Gasteiger partial charge in [0, 0.05) is 29.6 Å². The SMILES string of the molecule is Cc1nc(Nc2cccc(C3CCN(S(=O)(=O)c4ccc(F)cc4)CC3)n2)sc1C. The summed E-state index contributed by atoms with van der Waals surface area (Å²) in [6.07, 6.45) is 1.37. The number of benzene rings is 1. The van der Waals surface area contributed by atoms with Crippen LogP contribution in [0, 0.1) is 19.7 Å². The Morgan fingerprint density at radius 3 is 2.40 bits per heavy atom. The smallest absolute Gasteiger partial charge is 0.243 e. The van der Waals surface area contributed by atoms with Crippen LogP contribution in [-0.2, 0) is 10.0 Å². The second-order valence-corrected chi connectivity index (χ2v) is 10.5. The maximum absolute atomic E-state index is 13.1. The van der Waals surface area contributed by atoms with Crippen molar-refractivity contribution in [3.8, 4) is 0 Å².